The average molecular weight is 2090 g/mol. The number of allylic oxidation sites excluding steroid dienone is 9. The Balaban J connectivity index is 0.000000182. The van der Waals surface area contributed by atoms with Crippen molar-refractivity contribution in [1.29, 1.82) is 0 Å². The standard InChI is InChI=1S/C24H23F.C21H29F.C21H29.C20H27.C18H20.C15H26.C15H25.3Y/c1-3-4-5-6-19-9-13-21(14-10-19)23-16-15-22(17-24(23)25)20-11-7-18(2)8-12-20;1-3-16-5-8-17(9-6-16)18-10-12-19(13-11-18)20-7-4-15(2)21(22)14-20;1-2-6-17-9-11-19(12-10-17)21-15-13-20(14-16-21)18-7-4-3-5-8-18;1-2-16-8-10-18(11-9-16)20-14-12-19(13-15-20)17-6-4-3-5-7-17;1-3-4-5-6-16-9-13-18(14-10-16)17-11-7-15(2)8-12-17;2*1-3-13-6-10-15(11-7-13)14-8-4-12(2)5-9-14;;;/h3-4,7-17H,5-6H2,1-2H3;3-4,7,14,16-19H,1,5-6,8-13H2,2H3;2,4-5,7-8,17,19-21H,1,6,9-16H2;2,4-7,16,18-20H,1,8-15H2;3-4,7-14H,5-6H2,1-2H3;3,12-15H,1,4-11H2,2H3;1,3,12-15H,4-11H2,2H3;;;/q;;2*-1;;;-1;;;/b4-3+;;;;4-3+;;;;;. The van der Waals surface area contributed by atoms with Crippen molar-refractivity contribution >= 4 is 0 Å². The van der Waals surface area contributed by atoms with Gasteiger partial charge in [0, 0.05) is 104 Å². The van der Waals surface area contributed by atoms with Crippen LogP contribution in [0.4, 0.5) is 8.78 Å². The van der Waals surface area contributed by atoms with E-state index in [1.54, 1.807) is 17.7 Å². The van der Waals surface area contributed by atoms with E-state index in [2.05, 4.69) is 237 Å². The molecule has 5 heteroatoms. The summed E-state index contributed by atoms with van der Waals surface area (Å²) in [4.78, 5) is 0. The van der Waals surface area contributed by atoms with E-state index in [0.717, 1.165) is 160 Å². The Hall–Kier alpha value is -4.89. The van der Waals surface area contributed by atoms with Gasteiger partial charge in [-0.3, -0.25) is 6.08 Å². The number of aryl methyl sites for hydroxylation is 5. The first-order valence-electron chi connectivity index (χ1n) is 55.5. The van der Waals surface area contributed by atoms with Crippen LogP contribution in [-0.4, -0.2) is 0 Å². The van der Waals surface area contributed by atoms with Gasteiger partial charge in [-0.05, 0) is 473 Å². The molecule has 8 aromatic carbocycles. The number of hydrogen-bond acceptors (Lipinski definition) is 0. The number of benzene rings is 8. The van der Waals surface area contributed by atoms with Crippen molar-refractivity contribution in [2.75, 3.05) is 0 Å². The fraction of sp³-hybridized carbons (Fsp3) is 0.537. The topological polar surface area (TPSA) is 0 Å². The Morgan fingerprint density at radius 1 is 0.309 bits per heavy atom. The zero-order valence-electron chi connectivity index (χ0n) is 87.8. The molecule has 0 nitrogen and oxygen atoms in total. The van der Waals surface area contributed by atoms with Crippen LogP contribution >= 0.6 is 0 Å². The van der Waals surface area contributed by atoms with Crippen LogP contribution in [0.3, 0.4) is 0 Å². The van der Waals surface area contributed by atoms with Crippen molar-refractivity contribution in [2.45, 2.75) is 355 Å². The van der Waals surface area contributed by atoms with Crippen molar-refractivity contribution in [3.05, 3.63) is 338 Å². The quantitative estimate of drug-likeness (QED) is 0.0442. The average Bonchev–Trinajstić information content (AvgIpc) is 0.816. The molecule has 0 bridgehead atoms. The Bertz CT molecular complexity index is 4680. The van der Waals surface area contributed by atoms with Gasteiger partial charge in [0.25, 0.3) is 0 Å². The molecule has 10 aliphatic rings. The summed E-state index contributed by atoms with van der Waals surface area (Å²) in [7, 11) is 0. The minimum atomic E-state index is -0.181. The molecule has 0 unspecified atom stereocenters. The maximum atomic E-state index is 14.6. The van der Waals surface area contributed by atoms with Crippen LogP contribution in [0.25, 0.3) is 33.4 Å². The number of rotatable bonds is 23. The molecule has 0 amide bonds. The van der Waals surface area contributed by atoms with E-state index in [0.29, 0.717) is 11.5 Å². The predicted octanol–water partition coefficient (Wildman–Crippen LogP) is 39.8. The Labute approximate surface area is 924 Å². The minimum absolute atomic E-state index is 0. The van der Waals surface area contributed by atoms with Crippen LogP contribution in [-0.2, 0) is 111 Å². The molecule has 3 radical (unpaired) electrons. The summed E-state index contributed by atoms with van der Waals surface area (Å²) < 4.78 is 28.4. The van der Waals surface area contributed by atoms with Crippen molar-refractivity contribution in [1.82, 2.24) is 0 Å². The van der Waals surface area contributed by atoms with Crippen LogP contribution < -0.4 is 0 Å². The van der Waals surface area contributed by atoms with Gasteiger partial charge in [-0.1, -0.05) is 227 Å². The first-order valence-corrected chi connectivity index (χ1v) is 55.5. The minimum Gasteiger partial charge on any atom is -0.518 e. The van der Waals surface area contributed by atoms with Crippen LogP contribution in [0, 0.1) is 152 Å². The molecule has 18 rings (SSSR count). The van der Waals surface area contributed by atoms with E-state index in [9.17, 15) is 8.78 Å². The Morgan fingerprint density at radius 2 is 0.604 bits per heavy atom. The maximum absolute atomic E-state index is 14.6. The molecule has 0 heterocycles. The van der Waals surface area contributed by atoms with E-state index >= 15 is 0 Å². The Kier molecular flexibility index (Phi) is 55.0. The van der Waals surface area contributed by atoms with Crippen molar-refractivity contribution < 1.29 is 107 Å². The molecule has 8 aromatic rings. The van der Waals surface area contributed by atoms with E-state index in [-0.39, 0.29) is 110 Å². The largest absolute Gasteiger partial charge is 0.518 e. The van der Waals surface area contributed by atoms with Crippen LogP contribution in [0.1, 0.15) is 366 Å². The van der Waals surface area contributed by atoms with Gasteiger partial charge in [0.2, 0.25) is 0 Å². The fourth-order valence-electron chi connectivity index (χ4n) is 26.0. The first kappa shape index (κ1) is 118. The summed E-state index contributed by atoms with van der Waals surface area (Å²) in [6, 6.07) is 68.9. The monoisotopic (exact) mass is 2090 g/mol. The molecule has 0 N–H and O–H groups in total. The number of hydrogen-bond donors (Lipinski definition) is 0. The van der Waals surface area contributed by atoms with Gasteiger partial charge < -0.3 is 6.58 Å². The SMILES string of the molecule is C/C=C/CCc1ccc(-c2ccc(-c3ccc(C)cc3)cc2F)cc1.C/C=C/CCc1ccc(-c2ccc(C)cc2)cc1.C=CC1CCC(C2CCC(C)CC2)CC1.C=CC1CCC(C2CCC(c3cc[c-]cc3)CC2)CC1.C=CC1CCC(C2CCC(c3ccc(C)c(F)c3)CC2)CC1.C=CCC1CCC(C2CCC(c3cc[c-]cc3)CC2)CC1.[CH-]=CC1CCC(C2CCC(C)CC2)CC1.[Y].[Y].[Y]. The molecular formula is C134H179F2Y3-3. The third kappa shape index (κ3) is 39.0. The third-order valence-electron chi connectivity index (χ3n) is 35.4. The van der Waals surface area contributed by atoms with Gasteiger partial charge in [-0.25, -0.2) is 8.78 Å². The van der Waals surface area contributed by atoms with Gasteiger partial charge in [0.05, 0.1) is 0 Å². The summed E-state index contributed by atoms with van der Waals surface area (Å²) >= 11 is 0. The molecule has 0 atom stereocenters. The van der Waals surface area contributed by atoms with Crippen molar-refractivity contribution in [3.8, 4) is 33.4 Å². The van der Waals surface area contributed by atoms with Crippen LogP contribution in [0.5, 0.6) is 0 Å². The zero-order chi connectivity index (χ0) is 95.6. The van der Waals surface area contributed by atoms with Crippen molar-refractivity contribution in [3.63, 3.8) is 0 Å². The van der Waals surface area contributed by atoms with E-state index in [4.69, 9.17) is 6.58 Å². The fourth-order valence-corrected chi connectivity index (χ4v) is 26.0. The summed E-state index contributed by atoms with van der Waals surface area (Å²) in [5.41, 5.74) is 16.4. The molecule has 0 saturated heterocycles. The zero-order valence-corrected chi connectivity index (χ0v) is 96.3. The van der Waals surface area contributed by atoms with Crippen molar-refractivity contribution in [2.24, 2.45) is 101 Å². The van der Waals surface area contributed by atoms with Gasteiger partial charge in [0.15, 0.2) is 0 Å². The molecule has 0 aliphatic heterocycles. The second-order valence-corrected chi connectivity index (χ2v) is 44.5. The molecule has 10 saturated carbocycles. The molecule has 741 valence electrons. The molecule has 139 heavy (non-hydrogen) atoms. The smallest absolute Gasteiger partial charge is 0.131 e. The van der Waals surface area contributed by atoms with E-state index < -0.39 is 0 Å². The Morgan fingerprint density at radius 3 is 0.921 bits per heavy atom. The van der Waals surface area contributed by atoms with Gasteiger partial charge in [0.1, 0.15) is 11.6 Å². The molecule has 0 aromatic heterocycles. The normalized spacial score (nSPS) is 27.8. The first-order chi connectivity index (χ1) is 66.4. The molecular weight excluding hydrogens is 1910 g/mol. The van der Waals surface area contributed by atoms with Gasteiger partial charge in [-0.2, -0.15) is 71.8 Å². The van der Waals surface area contributed by atoms with Crippen LogP contribution in [0.15, 0.2) is 263 Å². The molecule has 10 aliphatic carbocycles. The summed E-state index contributed by atoms with van der Waals surface area (Å²) in [6.07, 6.45) is 81.6. The maximum Gasteiger partial charge on any atom is 0.131 e. The number of halogens is 2. The molecule has 0 spiro atoms. The summed E-state index contributed by atoms with van der Waals surface area (Å²) in [6.45, 7) is 36.3. The molecule has 10 fully saturated rings. The predicted molar refractivity (Wildman–Crippen MR) is 584 cm³/mol. The van der Waals surface area contributed by atoms with Gasteiger partial charge >= 0.3 is 0 Å². The summed E-state index contributed by atoms with van der Waals surface area (Å²) in [5, 5.41) is 0. The van der Waals surface area contributed by atoms with E-state index in [1.807, 2.05) is 74.5 Å². The second-order valence-electron chi connectivity index (χ2n) is 44.5. The summed E-state index contributed by atoms with van der Waals surface area (Å²) in [5.74, 6) is 18.2. The van der Waals surface area contributed by atoms with Gasteiger partial charge in [-0.15, -0.1) is 26.3 Å². The third-order valence-corrected chi connectivity index (χ3v) is 35.4. The second kappa shape index (κ2) is 65.0. The van der Waals surface area contributed by atoms with E-state index in [1.165, 1.54) is 308 Å². The van der Waals surface area contributed by atoms with Crippen LogP contribution in [0.2, 0.25) is 0 Å².